The van der Waals surface area contributed by atoms with Crippen LogP contribution in [-0.4, -0.2) is 74.0 Å². The average Bonchev–Trinajstić information content (AvgIpc) is 1.69. The van der Waals surface area contributed by atoms with Gasteiger partial charge in [0.2, 0.25) is 0 Å². The molecule has 0 saturated heterocycles. The number of benzene rings is 1. The summed E-state index contributed by atoms with van der Waals surface area (Å²) in [5, 5.41) is 8.63. The molecule has 0 aliphatic rings. The zero-order chi connectivity index (χ0) is 5.11. The second-order valence-corrected chi connectivity index (χ2v) is 1.34. The van der Waals surface area contributed by atoms with Crippen LogP contribution < -0.4 is 0 Å². The van der Waals surface area contributed by atoms with Gasteiger partial charge in [-0.15, -0.1) is 0 Å². The molecule has 2 heteroatoms. The van der Waals surface area contributed by atoms with Gasteiger partial charge in [0.1, 0.15) is 5.75 Å². The van der Waals surface area contributed by atoms with Crippen LogP contribution in [0.2, 0.25) is 0 Å². The summed E-state index contributed by atoms with van der Waals surface area (Å²) in [6.07, 6.45) is 0. The van der Waals surface area contributed by atoms with Crippen molar-refractivity contribution in [3.63, 3.8) is 0 Å². The summed E-state index contributed by atoms with van der Waals surface area (Å²) >= 11 is 0. The van der Waals surface area contributed by atoms with E-state index in [0.717, 1.165) is 0 Å². The fourth-order valence-corrected chi connectivity index (χ4v) is 0.428. The van der Waals surface area contributed by atoms with Crippen LogP contribution in [0.5, 0.6) is 5.75 Å². The molecule has 1 aromatic carbocycles. The van der Waals surface area contributed by atoms with E-state index in [9.17, 15) is 0 Å². The molecule has 0 heterocycles. The van der Waals surface area contributed by atoms with Crippen LogP contribution in [0.1, 0.15) is 0 Å². The SMILES string of the molecule is Oc1ccccc1.[Cs]. The Morgan fingerprint density at radius 3 is 1.75 bits per heavy atom. The van der Waals surface area contributed by atoms with Crippen molar-refractivity contribution in [1.29, 1.82) is 0 Å². The molecule has 0 saturated carbocycles. The Morgan fingerprint density at radius 2 is 1.50 bits per heavy atom. The predicted molar refractivity (Wildman–Crippen MR) is 33.9 cm³/mol. The summed E-state index contributed by atoms with van der Waals surface area (Å²) in [6, 6.07) is 8.71. The van der Waals surface area contributed by atoms with Crippen LogP contribution >= 0.6 is 0 Å². The van der Waals surface area contributed by atoms with Gasteiger partial charge in [-0.25, -0.2) is 0 Å². The van der Waals surface area contributed by atoms with Gasteiger partial charge in [0.15, 0.2) is 0 Å². The van der Waals surface area contributed by atoms with Crippen molar-refractivity contribution in [2.24, 2.45) is 0 Å². The minimum Gasteiger partial charge on any atom is -0.508 e. The van der Waals surface area contributed by atoms with Crippen LogP contribution in [0.4, 0.5) is 0 Å². The Morgan fingerprint density at radius 1 is 1.00 bits per heavy atom. The topological polar surface area (TPSA) is 20.2 Å². The Hall–Kier alpha value is 1.07. The van der Waals surface area contributed by atoms with Gasteiger partial charge in [-0.05, 0) is 12.1 Å². The molecule has 1 radical (unpaired) electrons. The van der Waals surface area contributed by atoms with Gasteiger partial charge in [-0.2, -0.15) is 0 Å². The molecular weight excluding hydrogens is 221 g/mol. The number of aromatic hydroxyl groups is 1. The maximum atomic E-state index is 8.63. The standard InChI is InChI=1S/C6H6O.Cs/c7-6-4-2-1-3-5-6;/h1-5,7H;. The molecular formula is C6H6CsO. The second-order valence-electron chi connectivity index (χ2n) is 1.34. The number of rotatable bonds is 0. The number of phenols is 1. The minimum atomic E-state index is 0. The third kappa shape index (κ3) is 3.17. The first kappa shape index (κ1) is 9.07. The summed E-state index contributed by atoms with van der Waals surface area (Å²) in [4.78, 5) is 0. The number of hydrogen-bond acceptors (Lipinski definition) is 1. The Kier molecular flexibility index (Phi) is 5.56. The van der Waals surface area contributed by atoms with Crippen molar-refractivity contribution in [1.82, 2.24) is 0 Å². The molecule has 37 valence electrons. The molecule has 1 rings (SSSR count). The molecule has 0 amide bonds. The maximum absolute atomic E-state index is 8.63. The zero-order valence-electron chi connectivity index (χ0n) is 4.83. The maximum Gasteiger partial charge on any atom is 0.115 e. The predicted octanol–water partition coefficient (Wildman–Crippen LogP) is 1.01. The van der Waals surface area contributed by atoms with Crippen molar-refractivity contribution in [2.75, 3.05) is 0 Å². The number of hydrogen-bond donors (Lipinski definition) is 1. The molecule has 0 bridgehead atoms. The molecule has 0 aliphatic heterocycles. The van der Waals surface area contributed by atoms with Gasteiger partial charge in [-0.3, -0.25) is 0 Å². The van der Waals surface area contributed by atoms with E-state index in [1.54, 1.807) is 24.3 Å². The van der Waals surface area contributed by atoms with Crippen molar-refractivity contribution in [2.45, 2.75) is 0 Å². The number of para-hydroxylation sites is 1. The van der Waals surface area contributed by atoms with Crippen LogP contribution in [-0.2, 0) is 0 Å². The summed E-state index contributed by atoms with van der Waals surface area (Å²) < 4.78 is 0. The third-order valence-corrected chi connectivity index (χ3v) is 0.756. The molecule has 1 N–H and O–H groups in total. The Labute approximate surface area is 108 Å². The van der Waals surface area contributed by atoms with E-state index >= 15 is 0 Å². The summed E-state index contributed by atoms with van der Waals surface area (Å²) in [5.41, 5.74) is 0. The monoisotopic (exact) mass is 227 g/mol. The molecule has 0 aliphatic carbocycles. The van der Waals surface area contributed by atoms with Gasteiger partial charge < -0.3 is 5.11 Å². The Bertz CT molecular complexity index is 138. The van der Waals surface area contributed by atoms with E-state index in [-0.39, 0.29) is 68.9 Å². The molecule has 0 unspecified atom stereocenters. The first-order valence-electron chi connectivity index (χ1n) is 2.13. The first-order valence-corrected chi connectivity index (χ1v) is 2.13. The second kappa shape index (κ2) is 4.91. The fraction of sp³-hybridized carbons (Fsp3) is 0. The van der Waals surface area contributed by atoms with E-state index in [1.165, 1.54) is 0 Å². The smallest absolute Gasteiger partial charge is 0.115 e. The van der Waals surface area contributed by atoms with Crippen LogP contribution in [0.15, 0.2) is 30.3 Å². The van der Waals surface area contributed by atoms with Crippen molar-refractivity contribution in [3.05, 3.63) is 30.3 Å². The summed E-state index contributed by atoms with van der Waals surface area (Å²) in [6.45, 7) is 0. The molecule has 1 aromatic rings. The summed E-state index contributed by atoms with van der Waals surface area (Å²) in [5.74, 6) is 0.322. The van der Waals surface area contributed by atoms with Gasteiger partial charge in [0.05, 0.1) is 0 Å². The molecule has 0 fully saturated rings. The van der Waals surface area contributed by atoms with Crippen molar-refractivity contribution >= 4 is 68.9 Å². The number of phenolic OH excluding ortho intramolecular Hbond substituents is 1. The van der Waals surface area contributed by atoms with Crippen LogP contribution in [0.3, 0.4) is 0 Å². The van der Waals surface area contributed by atoms with E-state index in [0.29, 0.717) is 5.75 Å². The van der Waals surface area contributed by atoms with Gasteiger partial charge in [0.25, 0.3) is 0 Å². The molecule has 0 spiro atoms. The fourth-order valence-electron chi connectivity index (χ4n) is 0.428. The quantitative estimate of drug-likeness (QED) is 0.701. The third-order valence-electron chi connectivity index (χ3n) is 0.756. The molecule has 0 atom stereocenters. The van der Waals surface area contributed by atoms with E-state index in [1.807, 2.05) is 6.07 Å². The van der Waals surface area contributed by atoms with Crippen LogP contribution in [0.25, 0.3) is 0 Å². The van der Waals surface area contributed by atoms with Crippen molar-refractivity contribution in [3.8, 4) is 5.75 Å². The van der Waals surface area contributed by atoms with Crippen molar-refractivity contribution < 1.29 is 5.11 Å². The minimum absolute atomic E-state index is 0. The van der Waals surface area contributed by atoms with Gasteiger partial charge >= 0.3 is 0 Å². The van der Waals surface area contributed by atoms with Gasteiger partial charge in [-0.1, -0.05) is 18.2 Å². The summed E-state index contributed by atoms with van der Waals surface area (Å²) in [7, 11) is 0. The van der Waals surface area contributed by atoms with E-state index < -0.39 is 0 Å². The molecule has 1 nitrogen and oxygen atoms in total. The Balaban J connectivity index is 0.000000490. The molecule has 8 heavy (non-hydrogen) atoms. The van der Waals surface area contributed by atoms with Crippen LogP contribution in [0, 0.1) is 0 Å². The van der Waals surface area contributed by atoms with E-state index in [4.69, 9.17) is 5.11 Å². The zero-order valence-corrected chi connectivity index (χ0v) is 11.1. The van der Waals surface area contributed by atoms with E-state index in [2.05, 4.69) is 0 Å². The first-order chi connectivity index (χ1) is 3.39. The average molecular weight is 227 g/mol. The molecule has 0 aromatic heterocycles. The normalized spacial score (nSPS) is 7.50. The van der Waals surface area contributed by atoms with Gasteiger partial charge in [0, 0.05) is 68.9 Å². The largest absolute Gasteiger partial charge is 0.508 e.